The standard InChI is InChI=1S/C26H30N4O2/c1-18-6-4-8-22(16-18)24-10-11-25(29-28-24)30-14-12-20(13-15-30)26(31)27-19(2)21-7-5-9-23(17-21)32-3/h4-11,16-17,19-20H,12-15H2,1-3H3,(H,27,31)/t19-/m0/s1. The molecule has 166 valence electrons. The molecule has 1 saturated heterocycles. The highest BCUT2D eigenvalue weighted by Gasteiger charge is 2.26. The minimum atomic E-state index is -0.0596. The predicted octanol–water partition coefficient (Wildman–Crippen LogP) is 4.55. The van der Waals surface area contributed by atoms with Gasteiger partial charge < -0.3 is 15.0 Å². The Hall–Kier alpha value is -3.41. The molecule has 1 aliphatic rings. The summed E-state index contributed by atoms with van der Waals surface area (Å²) in [4.78, 5) is 15.0. The lowest BCUT2D eigenvalue weighted by Crippen LogP contribution is -2.41. The zero-order chi connectivity index (χ0) is 22.5. The summed E-state index contributed by atoms with van der Waals surface area (Å²) in [5.74, 6) is 1.79. The van der Waals surface area contributed by atoms with E-state index in [0.717, 1.165) is 54.3 Å². The first-order valence-electron chi connectivity index (χ1n) is 11.1. The monoisotopic (exact) mass is 430 g/mol. The number of piperidine rings is 1. The molecule has 0 radical (unpaired) electrons. The van der Waals surface area contributed by atoms with Crippen LogP contribution in [0.15, 0.2) is 60.7 Å². The van der Waals surface area contributed by atoms with Crippen molar-refractivity contribution in [1.29, 1.82) is 0 Å². The van der Waals surface area contributed by atoms with Crippen LogP contribution in [0.1, 0.15) is 36.9 Å². The molecule has 1 N–H and O–H groups in total. The van der Waals surface area contributed by atoms with Gasteiger partial charge in [0.1, 0.15) is 5.75 Å². The van der Waals surface area contributed by atoms with Gasteiger partial charge in [-0.15, -0.1) is 10.2 Å². The highest BCUT2D eigenvalue weighted by atomic mass is 16.5. The van der Waals surface area contributed by atoms with Crippen molar-refractivity contribution in [2.45, 2.75) is 32.7 Å². The van der Waals surface area contributed by atoms with Crippen molar-refractivity contribution >= 4 is 11.7 Å². The van der Waals surface area contributed by atoms with Gasteiger partial charge in [0.15, 0.2) is 5.82 Å². The van der Waals surface area contributed by atoms with E-state index in [2.05, 4.69) is 39.5 Å². The number of aryl methyl sites for hydroxylation is 1. The van der Waals surface area contributed by atoms with Crippen LogP contribution in [0.5, 0.6) is 5.75 Å². The lowest BCUT2D eigenvalue weighted by molar-refractivity contribution is -0.126. The molecule has 32 heavy (non-hydrogen) atoms. The first-order valence-corrected chi connectivity index (χ1v) is 11.1. The number of carbonyl (C=O) groups is 1. The van der Waals surface area contributed by atoms with E-state index in [-0.39, 0.29) is 17.9 Å². The third kappa shape index (κ3) is 5.07. The second-order valence-electron chi connectivity index (χ2n) is 8.41. The maximum Gasteiger partial charge on any atom is 0.223 e. The Labute approximate surface area is 189 Å². The number of nitrogens with zero attached hydrogens (tertiary/aromatic N) is 3. The number of methoxy groups -OCH3 is 1. The topological polar surface area (TPSA) is 67.3 Å². The van der Waals surface area contributed by atoms with E-state index in [1.807, 2.05) is 55.5 Å². The van der Waals surface area contributed by atoms with Crippen molar-refractivity contribution < 1.29 is 9.53 Å². The molecule has 0 unspecified atom stereocenters. The van der Waals surface area contributed by atoms with E-state index in [0.29, 0.717) is 0 Å². The molecule has 2 aromatic carbocycles. The van der Waals surface area contributed by atoms with Crippen LogP contribution in [0, 0.1) is 12.8 Å². The molecule has 1 aromatic heterocycles. The fourth-order valence-corrected chi connectivity index (χ4v) is 4.15. The molecule has 2 heterocycles. The SMILES string of the molecule is COc1cccc([C@H](C)NC(=O)C2CCN(c3ccc(-c4cccc(C)c4)nn3)CC2)c1. The number of hydrogen-bond acceptors (Lipinski definition) is 5. The molecule has 6 nitrogen and oxygen atoms in total. The van der Waals surface area contributed by atoms with Crippen LogP contribution in [0.2, 0.25) is 0 Å². The first-order chi connectivity index (χ1) is 15.5. The van der Waals surface area contributed by atoms with Crippen LogP contribution in [-0.2, 0) is 4.79 Å². The van der Waals surface area contributed by atoms with E-state index in [4.69, 9.17) is 4.74 Å². The maximum atomic E-state index is 12.8. The van der Waals surface area contributed by atoms with Crippen molar-refractivity contribution in [2.75, 3.05) is 25.1 Å². The van der Waals surface area contributed by atoms with Gasteiger partial charge in [0.25, 0.3) is 0 Å². The fourth-order valence-electron chi connectivity index (χ4n) is 4.15. The molecule has 0 saturated carbocycles. The average Bonchev–Trinajstić information content (AvgIpc) is 2.84. The summed E-state index contributed by atoms with van der Waals surface area (Å²) in [5.41, 5.74) is 4.19. The number of anilines is 1. The summed E-state index contributed by atoms with van der Waals surface area (Å²) in [6, 6.07) is 20.1. The third-order valence-electron chi connectivity index (χ3n) is 6.11. The second-order valence-corrected chi connectivity index (χ2v) is 8.41. The van der Waals surface area contributed by atoms with Crippen molar-refractivity contribution in [2.24, 2.45) is 5.92 Å². The second kappa shape index (κ2) is 9.81. The first kappa shape index (κ1) is 21.8. The average molecular weight is 431 g/mol. The van der Waals surface area contributed by atoms with Gasteiger partial charge in [0.2, 0.25) is 5.91 Å². The minimum Gasteiger partial charge on any atom is -0.497 e. The van der Waals surface area contributed by atoms with Gasteiger partial charge >= 0.3 is 0 Å². The Balaban J connectivity index is 1.32. The lowest BCUT2D eigenvalue weighted by atomic mass is 9.95. The number of hydrogen-bond donors (Lipinski definition) is 1. The van der Waals surface area contributed by atoms with E-state index in [1.54, 1.807) is 7.11 Å². The van der Waals surface area contributed by atoms with Gasteiger partial charge in [0.05, 0.1) is 18.8 Å². The van der Waals surface area contributed by atoms with E-state index in [9.17, 15) is 4.79 Å². The summed E-state index contributed by atoms with van der Waals surface area (Å²) in [6.07, 6.45) is 1.61. The molecule has 0 bridgehead atoms. The van der Waals surface area contributed by atoms with Gasteiger partial charge in [-0.3, -0.25) is 4.79 Å². The third-order valence-corrected chi connectivity index (χ3v) is 6.11. The van der Waals surface area contributed by atoms with Crippen molar-refractivity contribution in [3.63, 3.8) is 0 Å². The molecule has 4 rings (SSSR count). The van der Waals surface area contributed by atoms with Crippen LogP contribution in [0.25, 0.3) is 11.3 Å². The Morgan fingerprint density at radius 3 is 2.53 bits per heavy atom. The summed E-state index contributed by atoms with van der Waals surface area (Å²) < 4.78 is 5.29. The van der Waals surface area contributed by atoms with Crippen molar-refractivity contribution in [3.05, 3.63) is 71.8 Å². The highest BCUT2D eigenvalue weighted by molar-refractivity contribution is 5.79. The lowest BCUT2D eigenvalue weighted by Gasteiger charge is -2.32. The summed E-state index contributed by atoms with van der Waals surface area (Å²) in [6.45, 7) is 5.67. The molecular weight excluding hydrogens is 400 g/mol. The normalized spacial score (nSPS) is 15.3. The maximum absolute atomic E-state index is 12.8. The quantitative estimate of drug-likeness (QED) is 0.621. The number of rotatable bonds is 6. The molecule has 1 aliphatic heterocycles. The largest absolute Gasteiger partial charge is 0.497 e. The van der Waals surface area contributed by atoms with Gasteiger partial charge in [-0.1, -0.05) is 35.9 Å². The van der Waals surface area contributed by atoms with Crippen LogP contribution in [-0.4, -0.2) is 36.3 Å². The van der Waals surface area contributed by atoms with Crippen LogP contribution >= 0.6 is 0 Å². The van der Waals surface area contributed by atoms with E-state index < -0.39 is 0 Å². The zero-order valence-corrected chi connectivity index (χ0v) is 18.9. The summed E-state index contributed by atoms with van der Waals surface area (Å²) >= 11 is 0. The number of aromatic nitrogens is 2. The van der Waals surface area contributed by atoms with Gasteiger partial charge in [-0.25, -0.2) is 0 Å². The highest BCUT2D eigenvalue weighted by Crippen LogP contribution is 2.25. The molecule has 1 amide bonds. The molecule has 6 heteroatoms. The van der Waals surface area contributed by atoms with Gasteiger partial charge in [-0.2, -0.15) is 0 Å². The molecule has 1 fully saturated rings. The van der Waals surface area contributed by atoms with E-state index in [1.165, 1.54) is 5.56 Å². The molecule has 0 spiro atoms. The number of benzene rings is 2. The van der Waals surface area contributed by atoms with Gasteiger partial charge in [-0.05, 0) is 62.6 Å². The fraction of sp³-hybridized carbons (Fsp3) is 0.346. The molecule has 3 aromatic rings. The zero-order valence-electron chi connectivity index (χ0n) is 18.9. The number of nitrogens with one attached hydrogen (secondary N) is 1. The number of amides is 1. The van der Waals surface area contributed by atoms with Crippen molar-refractivity contribution in [3.8, 4) is 17.0 Å². The number of ether oxygens (including phenoxy) is 1. The summed E-state index contributed by atoms with van der Waals surface area (Å²) in [5, 5.41) is 12.0. The molecule has 0 aliphatic carbocycles. The Morgan fingerprint density at radius 2 is 1.84 bits per heavy atom. The Bertz CT molecular complexity index is 1060. The van der Waals surface area contributed by atoms with Crippen LogP contribution < -0.4 is 15.0 Å². The Kier molecular flexibility index (Phi) is 6.69. The predicted molar refractivity (Wildman–Crippen MR) is 127 cm³/mol. The molecular formula is C26H30N4O2. The van der Waals surface area contributed by atoms with Gasteiger partial charge in [0, 0.05) is 24.6 Å². The minimum absolute atomic E-state index is 0.0128. The van der Waals surface area contributed by atoms with Crippen molar-refractivity contribution in [1.82, 2.24) is 15.5 Å². The van der Waals surface area contributed by atoms with E-state index >= 15 is 0 Å². The number of carbonyl (C=O) groups excluding carboxylic acids is 1. The molecule has 1 atom stereocenters. The van der Waals surface area contributed by atoms with Crippen LogP contribution in [0.3, 0.4) is 0 Å². The smallest absolute Gasteiger partial charge is 0.223 e. The van der Waals surface area contributed by atoms with Crippen LogP contribution in [0.4, 0.5) is 5.82 Å². The summed E-state index contributed by atoms with van der Waals surface area (Å²) in [7, 11) is 1.65. The Morgan fingerprint density at radius 1 is 1.06 bits per heavy atom.